The second-order valence-corrected chi connectivity index (χ2v) is 7.27. The number of ether oxygens (including phenoxy) is 2. The van der Waals surface area contributed by atoms with Gasteiger partial charge in [0.25, 0.3) is 5.91 Å². The number of benzene rings is 3. The number of hydrogen-bond donors (Lipinski definition) is 0. The number of rotatable bonds is 8. The number of amides is 1. The number of likely N-dealkylation sites (N-methyl/N-ethyl adjacent to an activating group) is 1. The SMILES string of the molecule is CCOC(C(=O)O[C@@H](C(=O)N(C)C)c1ccccc1)(c1ccccc1)c1ccccc1. The van der Waals surface area contributed by atoms with Crippen molar-refractivity contribution in [2.75, 3.05) is 20.7 Å². The minimum absolute atomic E-state index is 0.274. The summed E-state index contributed by atoms with van der Waals surface area (Å²) in [4.78, 5) is 28.2. The topological polar surface area (TPSA) is 55.8 Å². The van der Waals surface area contributed by atoms with Gasteiger partial charge in [-0.05, 0) is 18.1 Å². The van der Waals surface area contributed by atoms with Crippen molar-refractivity contribution in [3.63, 3.8) is 0 Å². The molecule has 3 aromatic rings. The Morgan fingerprint density at radius 3 is 1.68 bits per heavy atom. The summed E-state index contributed by atoms with van der Waals surface area (Å²) in [5.41, 5.74) is 0.368. The van der Waals surface area contributed by atoms with Crippen molar-refractivity contribution in [3.05, 3.63) is 108 Å². The van der Waals surface area contributed by atoms with E-state index in [-0.39, 0.29) is 12.5 Å². The van der Waals surface area contributed by atoms with Crippen LogP contribution in [-0.4, -0.2) is 37.5 Å². The van der Waals surface area contributed by atoms with E-state index in [1.807, 2.05) is 85.8 Å². The highest BCUT2D eigenvalue weighted by Crippen LogP contribution is 2.37. The highest BCUT2D eigenvalue weighted by molar-refractivity contribution is 5.90. The summed E-state index contributed by atoms with van der Waals surface area (Å²) >= 11 is 0. The van der Waals surface area contributed by atoms with Crippen LogP contribution in [0.15, 0.2) is 91.0 Å². The van der Waals surface area contributed by atoms with Gasteiger partial charge in [-0.15, -0.1) is 0 Å². The molecule has 0 saturated heterocycles. The number of hydrogen-bond acceptors (Lipinski definition) is 4. The lowest BCUT2D eigenvalue weighted by Crippen LogP contribution is -2.43. The van der Waals surface area contributed by atoms with Gasteiger partial charge in [0.15, 0.2) is 0 Å². The van der Waals surface area contributed by atoms with Gasteiger partial charge in [-0.1, -0.05) is 91.0 Å². The zero-order chi connectivity index (χ0) is 22.3. The molecule has 3 rings (SSSR count). The van der Waals surface area contributed by atoms with Gasteiger partial charge in [0, 0.05) is 26.3 Å². The Kier molecular flexibility index (Phi) is 7.21. The monoisotopic (exact) mass is 417 g/mol. The molecule has 160 valence electrons. The Hall–Kier alpha value is -3.44. The average molecular weight is 418 g/mol. The maximum absolute atomic E-state index is 13.8. The Bertz CT molecular complexity index is 948. The Morgan fingerprint density at radius 2 is 1.26 bits per heavy atom. The van der Waals surface area contributed by atoms with Crippen molar-refractivity contribution < 1.29 is 19.1 Å². The average Bonchev–Trinajstić information content (AvgIpc) is 2.82. The predicted octanol–water partition coefficient (Wildman–Crippen LogP) is 4.34. The third kappa shape index (κ3) is 4.67. The van der Waals surface area contributed by atoms with E-state index in [4.69, 9.17) is 9.47 Å². The summed E-state index contributed by atoms with van der Waals surface area (Å²) in [6.45, 7) is 2.10. The first kappa shape index (κ1) is 22.2. The van der Waals surface area contributed by atoms with Gasteiger partial charge in [0.05, 0.1) is 0 Å². The standard InChI is InChI=1S/C26H27NO4/c1-4-30-26(21-16-10-6-11-17-21,22-18-12-7-13-19-22)25(29)31-23(24(28)27(2)3)20-14-8-5-9-15-20/h5-19,23H,4H2,1-3H3/t23-/m1/s1. The number of esters is 1. The molecule has 0 saturated carbocycles. The van der Waals surface area contributed by atoms with Gasteiger partial charge in [-0.2, -0.15) is 0 Å². The lowest BCUT2D eigenvalue weighted by molar-refractivity contribution is -0.179. The van der Waals surface area contributed by atoms with Crippen LogP contribution in [0.2, 0.25) is 0 Å². The fourth-order valence-electron chi connectivity index (χ4n) is 3.50. The molecule has 5 heteroatoms. The maximum Gasteiger partial charge on any atom is 0.349 e. The van der Waals surface area contributed by atoms with Crippen LogP contribution in [0, 0.1) is 0 Å². The maximum atomic E-state index is 13.8. The second kappa shape index (κ2) is 10.0. The fourth-order valence-corrected chi connectivity index (χ4v) is 3.50. The van der Waals surface area contributed by atoms with Gasteiger partial charge >= 0.3 is 5.97 Å². The molecule has 0 aliphatic carbocycles. The van der Waals surface area contributed by atoms with E-state index in [1.165, 1.54) is 4.90 Å². The summed E-state index contributed by atoms with van der Waals surface area (Å²) in [5, 5.41) is 0. The van der Waals surface area contributed by atoms with Gasteiger partial charge in [-0.3, -0.25) is 4.79 Å². The Morgan fingerprint density at radius 1 is 0.806 bits per heavy atom. The van der Waals surface area contributed by atoms with E-state index >= 15 is 0 Å². The second-order valence-electron chi connectivity index (χ2n) is 7.27. The largest absolute Gasteiger partial charge is 0.445 e. The van der Waals surface area contributed by atoms with Crippen LogP contribution in [0.1, 0.15) is 29.7 Å². The Balaban J connectivity index is 2.12. The van der Waals surface area contributed by atoms with Crippen LogP contribution in [0.4, 0.5) is 0 Å². The van der Waals surface area contributed by atoms with E-state index in [2.05, 4.69) is 0 Å². The van der Waals surface area contributed by atoms with Crippen LogP contribution in [-0.2, 0) is 24.7 Å². The molecule has 1 atom stereocenters. The Labute approximate surface area is 183 Å². The normalized spacial score (nSPS) is 12.1. The number of carbonyl (C=O) groups excluding carboxylic acids is 2. The first-order valence-corrected chi connectivity index (χ1v) is 10.2. The van der Waals surface area contributed by atoms with Crippen LogP contribution in [0.25, 0.3) is 0 Å². The quantitative estimate of drug-likeness (QED) is 0.512. The predicted molar refractivity (Wildman–Crippen MR) is 119 cm³/mol. The van der Waals surface area contributed by atoms with Crippen LogP contribution < -0.4 is 0 Å². The first-order chi connectivity index (χ1) is 15.0. The third-order valence-electron chi connectivity index (χ3n) is 5.00. The molecule has 1 amide bonds. The molecule has 0 unspecified atom stereocenters. The van der Waals surface area contributed by atoms with Gasteiger partial charge < -0.3 is 14.4 Å². The highest BCUT2D eigenvalue weighted by Gasteiger charge is 2.46. The summed E-state index contributed by atoms with van der Waals surface area (Å²) in [6.07, 6.45) is -1.09. The van der Waals surface area contributed by atoms with E-state index in [0.29, 0.717) is 16.7 Å². The highest BCUT2D eigenvalue weighted by atomic mass is 16.6. The van der Waals surface area contributed by atoms with Crippen LogP contribution >= 0.6 is 0 Å². The zero-order valence-corrected chi connectivity index (χ0v) is 18.0. The lowest BCUT2D eigenvalue weighted by Gasteiger charge is -2.34. The van der Waals surface area contributed by atoms with E-state index in [1.54, 1.807) is 26.2 Å². The molecule has 0 aliphatic rings. The third-order valence-corrected chi connectivity index (χ3v) is 5.00. The van der Waals surface area contributed by atoms with Gasteiger partial charge in [0.2, 0.25) is 11.7 Å². The molecule has 0 fully saturated rings. The van der Waals surface area contributed by atoms with E-state index in [9.17, 15) is 9.59 Å². The molecule has 0 N–H and O–H groups in total. The van der Waals surface area contributed by atoms with Crippen LogP contribution in [0.5, 0.6) is 0 Å². The molecule has 0 aliphatic heterocycles. The molecule has 0 aromatic heterocycles. The van der Waals surface area contributed by atoms with Gasteiger partial charge in [-0.25, -0.2) is 4.79 Å². The lowest BCUT2D eigenvalue weighted by atomic mass is 9.85. The van der Waals surface area contributed by atoms with Crippen molar-refractivity contribution in [1.82, 2.24) is 4.90 Å². The van der Waals surface area contributed by atoms with Crippen molar-refractivity contribution in [2.45, 2.75) is 18.6 Å². The molecule has 0 radical (unpaired) electrons. The first-order valence-electron chi connectivity index (χ1n) is 10.2. The minimum Gasteiger partial charge on any atom is -0.445 e. The molecular formula is C26H27NO4. The smallest absolute Gasteiger partial charge is 0.349 e. The van der Waals surface area contributed by atoms with Crippen molar-refractivity contribution in [3.8, 4) is 0 Å². The molecule has 0 spiro atoms. The van der Waals surface area contributed by atoms with Gasteiger partial charge in [0.1, 0.15) is 0 Å². The summed E-state index contributed by atoms with van der Waals surface area (Å²) in [6, 6.07) is 27.5. The molecule has 0 heterocycles. The van der Waals surface area contributed by atoms with Crippen molar-refractivity contribution >= 4 is 11.9 Å². The molecule has 3 aromatic carbocycles. The summed E-state index contributed by atoms with van der Waals surface area (Å²) in [5.74, 6) is -0.970. The fraction of sp³-hybridized carbons (Fsp3) is 0.231. The number of carbonyl (C=O) groups is 2. The minimum atomic E-state index is -1.50. The molecular weight excluding hydrogens is 390 g/mol. The zero-order valence-electron chi connectivity index (χ0n) is 18.0. The summed E-state index contributed by atoms with van der Waals surface area (Å²) < 4.78 is 12.1. The van der Waals surface area contributed by atoms with Crippen molar-refractivity contribution in [1.29, 1.82) is 0 Å². The molecule has 0 bridgehead atoms. The number of nitrogens with zero attached hydrogens (tertiary/aromatic N) is 1. The molecule has 5 nitrogen and oxygen atoms in total. The summed E-state index contributed by atoms with van der Waals surface area (Å²) in [7, 11) is 3.27. The van der Waals surface area contributed by atoms with Crippen molar-refractivity contribution in [2.24, 2.45) is 0 Å². The molecule has 31 heavy (non-hydrogen) atoms. The van der Waals surface area contributed by atoms with E-state index in [0.717, 1.165) is 0 Å². The van der Waals surface area contributed by atoms with Crippen LogP contribution in [0.3, 0.4) is 0 Å². The van der Waals surface area contributed by atoms with E-state index < -0.39 is 17.7 Å².